The second kappa shape index (κ2) is 8.09. The summed E-state index contributed by atoms with van der Waals surface area (Å²) < 4.78 is 5.01. The fraction of sp³-hybridized carbons (Fsp3) is 0.375. The number of likely N-dealkylation sites (N-methyl/N-ethyl adjacent to an activating group) is 1. The van der Waals surface area contributed by atoms with E-state index in [0.717, 1.165) is 5.56 Å². The predicted molar refractivity (Wildman–Crippen MR) is 88.4 cm³/mol. The SMILES string of the molecule is CCNC(=O)Cc1ccc(NC(=O)NC(C)c2nc(C)no2)cc1. The van der Waals surface area contributed by atoms with Crippen molar-refractivity contribution in [2.24, 2.45) is 0 Å². The zero-order valence-electron chi connectivity index (χ0n) is 13.9. The first-order valence-corrected chi connectivity index (χ1v) is 7.71. The lowest BCUT2D eigenvalue weighted by atomic mass is 10.1. The average Bonchev–Trinajstić information content (AvgIpc) is 2.96. The maximum atomic E-state index is 12.0. The Morgan fingerprint density at radius 2 is 1.96 bits per heavy atom. The van der Waals surface area contributed by atoms with Crippen LogP contribution in [0.4, 0.5) is 10.5 Å². The maximum Gasteiger partial charge on any atom is 0.319 e. The lowest BCUT2D eigenvalue weighted by Crippen LogP contribution is -2.31. The Kier molecular flexibility index (Phi) is 5.89. The van der Waals surface area contributed by atoms with Gasteiger partial charge in [0.1, 0.15) is 6.04 Å². The topological polar surface area (TPSA) is 109 Å². The van der Waals surface area contributed by atoms with Crippen LogP contribution in [0.15, 0.2) is 28.8 Å². The van der Waals surface area contributed by atoms with Gasteiger partial charge in [0.15, 0.2) is 5.82 Å². The van der Waals surface area contributed by atoms with Crippen LogP contribution in [-0.2, 0) is 11.2 Å². The van der Waals surface area contributed by atoms with E-state index in [-0.39, 0.29) is 11.9 Å². The number of nitrogens with zero attached hydrogens (tertiary/aromatic N) is 2. The number of aryl methyl sites for hydroxylation is 1. The van der Waals surface area contributed by atoms with Crippen LogP contribution >= 0.6 is 0 Å². The van der Waals surface area contributed by atoms with Gasteiger partial charge in [-0.15, -0.1) is 0 Å². The number of rotatable bonds is 6. The molecule has 3 amide bonds. The summed E-state index contributed by atoms with van der Waals surface area (Å²) in [6, 6.07) is 6.31. The minimum absolute atomic E-state index is 0.0281. The molecule has 1 heterocycles. The summed E-state index contributed by atoms with van der Waals surface area (Å²) in [5.41, 5.74) is 1.50. The quantitative estimate of drug-likeness (QED) is 0.749. The molecule has 0 saturated heterocycles. The number of carbonyl (C=O) groups excluding carboxylic acids is 2. The van der Waals surface area contributed by atoms with Crippen LogP contribution in [0.25, 0.3) is 0 Å². The van der Waals surface area contributed by atoms with Crippen LogP contribution in [0.1, 0.15) is 37.2 Å². The monoisotopic (exact) mass is 331 g/mol. The Morgan fingerprint density at radius 3 is 2.54 bits per heavy atom. The Morgan fingerprint density at radius 1 is 1.25 bits per heavy atom. The van der Waals surface area contributed by atoms with Crippen LogP contribution in [0, 0.1) is 6.92 Å². The van der Waals surface area contributed by atoms with Crippen molar-refractivity contribution in [3.05, 3.63) is 41.5 Å². The average molecular weight is 331 g/mol. The molecule has 3 N–H and O–H groups in total. The standard InChI is InChI=1S/C16H21N5O3/c1-4-17-14(22)9-12-5-7-13(8-6-12)20-16(23)18-10(2)15-19-11(3)21-24-15/h5-8,10H,4,9H2,1-3H3,(H,17,22)(H2,18,20,23). The van der Waals surface area contributed by atoms with Gasteiger partial charge in [-0.1, -0.05) is 17.3 Å². The molecule has 8 nitrogen and oxygen atoms in total. The van der Waals surface area contributed by atoms with Gasteiger partial charge in [-0.2, -0.15) is 4.98 Å². The van der Waals surface area contributed by atoms with Crippen LogP contribution in [-0.4, -0.2) is 28.6 Å². The van der Waals surface area contributed by atoms with E-state index in [4.69, 9.17) is 4.52 Å². The van der Waals surface area contributed by atoms with Crippen LogP contribution in [0.2, 0.25) is 0 Å². The first-order chi connectivity index (χ1) is 11.5. The Hall–Kier alpha value is -2.90. The van der Waals surface area contributed by atoms with E-state index < -0.39 is 6.04 Å². The van der Waals surface area contributed by atoms with Gasteiger partial charge < -0.3 is 20.5 Å². The molecule has 8 heteroatoms. The molecule has 0 aliphatic carbocycles. The lowest BCUT2D eigenvalue weighted by molar-refractivity contribution is -0.120. The Balaban J connectivity index is 1.86. The van der Waals surface area contributed by atoms with Gasteiger partial charge in [0.2, 0.25) is 11.8 Å². The number of carbonyl (C=O) groups is 2. The maximum absolute atomic E-state index is 12.0. The third-order valence-electron chi connectivity index (χ3n) is 3.21. The smallest absolute Gasteiger partial charge is 0.319 e. The number of nitrogens with one attached hydrogen (secondary N) is 3. The molecular formula is C16H21N5O3. The van der Waals surface area contributed by atoms with E-state index in [1.807, 2.05) is 6.92 Å². The van der Waals surface area contributed by atoms with E-state index in [1.54, 1.807) is 38.1 Å². The van der Waals surface area contributed by atoms with Gasteiger partial charge in [-0.3, -0.25) is 4.79 Å². The largest absolute Gasteiger partial charge is 0.356 e. The number of hydrogen-bond acceptors (Lipinski definition) is 5. The number of amides is 3. The molecule has 0 aliphatic rings. The zero-order chi connectivity index (χ0) is 17.5. The minimum Gasteiger partial charge on any atom is -0.356 e. The molecule has 1 aromatic carbocycles. The number of aromatic nitrogens is 2. The highest BCUT2D eigenvalue weighted by molar-refractivity contribution is 5.89. The minimum atomic E-state index is -0.400. The highest BCUT2D eigenvalue weighted by atomic mass is 16.5. The van der Waals surface area contributed by atoms with E-state index in [0.29, 0.717) is 30.4 Å². The van der Waals surface area contributed by atoms with Crippen LogP contribution < -0.4 is 16.0 Å². The highest BCUT2D eigenvalue weighted by Gasteiger charge is 2.15. The summed E-state index contributed by atoms with van der Waals surface area (Å²) in [5, 5.41) is 11.9. The molecule has 128 valence electrons. The third-order valence-corrected chi connectivity index (χ3v) is 3.21. The first-order valence-electron chi connectivity index (χ1n) is 7.71. The molecule has 0 saturated carbocycles. The zero-order valence-corrected chi connectivity index (χ0v) is 13.9. The summed E-state index contributed by atoms with van der Waals surface area (Å²) in [5.74, 6) is 0.835. The highest BCUT2D eigenvalue weighted by Crippen LogP contribution is 2.12. The molecule has 2 aromatic rings. The molecule has 0 fully saturated rings. The van der Waals surface area contributed by atoms with E-state index in [2.05, 4.69) is 26.1 Å². The molecular weight excluding hydrogens is 310 g/mol. The summed E-state index contributed by atoms with van der Waals surface area (Å²) >= 11 is 0. The Bertz CT molecular complexity index is 696. The van der Waals surface area contributed by atoms with Crippen molar-refractivity contribution in [2.75, 3.05) is 11.9 Å². The molecule has 0 spiro atoms. The van der Waals surface area contributed by atoms with Crippen molar-refractivity contribution in [3.63, 3.8) is 0 Å². The van der Waals surface area contributed by atoms with Crippen molar-refractivity contribution >= 4 is 17.6 Å². The molecule has 24 heavy (non-hydrogen) atoms. The lowest BCUT2D eigenvalue weighted by Gasteiger charge is -2.11. The van der Waals surface area contributed by atoms with E-state index in [1.165, 1.54) is 0 Å². The van der Waals surface area contributed by atoms with Crippen molar-refractivity contribution in [3.8, 4) is 0 Å². The molecule has 0 aliphatic heterocycles. The van der Waals surface area contributed by atoms with Crippen molar-refractivity contribution in [1.82, 2.24) is 20.8 Å². The fourth-order valence-electron chi connectivity index (χ4n) is 2.07. The van der Waals surface area contributed by atoms with Crippen LogP contribution in [0.5, 0.6) is 0 Å². The second-order valence-corrected chi connectivity index (χ2v) is 5.33. The predicted octanol–water partition coefficient (Wildman–Crippen LogP) is 1.94. The number of benzene rings is 1. The molecule has 2 rings (SSSR count). The Labute approximate surface area is 140 Å². The number of anilines is 1. The van der Waals surface area contributed by atoms with Crippen LogP contribution in [0.3, 0.4) is 0 Å². The summed E-state index contributed by atoms with van der Waals surface area (Å²) in [6.45, 7) is 5.95. The number of urea groups is 1. The van der Waals surface area contributed by atoms with Crippen molar-refractivity contribution < 1.29 is 14.1 Å². The molecule has 0 radical (unpaired) electrons. The van der Waals surface area contributed by atoms with Crippen molar-refractivity contribution in [1.29, 1.82) is 0 Å². The van der Waals surface area contributed by atoms with Gasteiger partial charge in [-0.05, 0) is 38.5 Å². The second-order valence-electron chi connectivity index (χ2n) is 5.33. The van der Waals surface area contributed by atoms with Gasteiger partial charge in [0.25, 0.3) is 0 Å². The summed E-state index contributed by atoms with van der Waals surface area (Å²) in [7, 11) is 0. The van der Waals surface area contributed by atoms with Crippen molar-refractivity contribution in [2.45, 2.75) is 33.2 Å². The van der Waals surface area contributed by atoms with Gasteiger partial charge >= 0.3 is 6.03 Å². The summed E-state index contributed by atoms with van der Waals surface area (Å²) in [6.07, 6.45) is 0.313. The number of hydrogen-bond donors (Lipinski definition) is 3. The van der Waals surface area contributed by atoms with Gasteiger partial charge in [0.05, 0.1) is 6.42 Å². The first kappa shape index (κ1) is 17.5. The normalized spacial score (nSPS) is 11.6. The van der Waals surface area contributed by atoms with E-state index in [9.17, 15) is 9.59 Å². The van der Waals surface area contributed by atoms with Gasteiger partial charge in [-0.25, -0.2) is 4.79 Å². The third kappa shape index (κ3) is 5.08. The van der Waals surface area contributed by atoms with Gasteiger partial charge in [0, 0.05) is 12.2 Å². The molecule has 1 atom stereocenters. The molecule has 1 aromatic heterocycles. The van der Waals surface area contributed by atoms with E-state index >= 15 is 0 Å². The molecule has 0 bridgehead atoms. The fourth-order valence-corrected chi connectivity index (χ4v) is 2.07. The summed E-state index contributed by atoms with van der Waals surface area (Å²) in [4.78, 5) is 27.6. The molecule has 1 unspecified atom stereocenters.